The summed E-state index contributed by atoms with van der Waals surface area (Å²) in [5, 5.41) is 5.20. The summed E-state index contributed by atoms with van der Waals surface area (Å²) in [4.78, 5) is 31.7. The van der Waals surface area contributed by atoms with Crippen molar-refractivity contribution < 1.29 is 4.79 Å². The maximum Gasteiger partial charge on any atom is 0.275 e. The first kappa shape index (κ1) is 16.0. The summed E-state index contributed by atoms with van der Waals surface area (Å²) in [5.74, 6) is 0.272. The Morgan fingerprint density at radius 2 is 1.92 bits per heavy atom. The molecule has 2 aromatic heterocycles. The molecule has 128 valence electrons. The average Bonchev–Trinajstić information content (AvgIpc) is 3.06. The van der Waals surface area contributed by atoms with E-state index in [9.17, 15) is 9.59 Å². The molecule has 0 atom stereocenters. The van der Waals surface area contributed by atoms with Gasteiger partial charge in [0.1, 0.15) is 0 Å². The van der Waals surface area contributed by atoms with Gasteiger partial charge in [-0.2, -0.15) is 4.52 Å². The molecule has 1 aliphatic heterocycles. The lowest BCUT2D eigenvalue weighted by Gasteiger charge is -2.30. The zero-order valence-corrected chi connectivity index (χ0v) is 14.7. The standard InChI is InChI=1S/C18H18N4O2S/c1-12-11-15(23)22-17(19-12)25-18(20-22)21-9-7-14(8-10-21)16(24)13-5-3-2-4-6-13/h2-6,11,14H,7-10H2,1H3. The van der Waals surface area contributed by atoms with Gasteiger partial charge in [0.2, 0.25) is 10.1 Å². The number of anilines is 1. The fraction of sp³-hybridized carbons (Fsp3) is 0.333. The predicted molar refractivity (Wildman–Crippen MR) is 97.6 cm³/mol. The lowest BCUT2D eigenvalue weighted by atomic mass is 9.89. The maximum atomic E-state index is 12.6. The van der Waals surface area contributed by atoms with Gasteiger partial charge in [-0.1, -0.05) is 41.7 Å². The molecule has 6 nitrogen and oxygen atoms in total. The van der Waals surface area contributed by atoms with Crippen molar-refractivity contribution in [3.63, 3.8) is 0 Å². The second-order valence-electron chi connectivity index (χ2n) is 6.31. The van der Waals surface area contributed by atoms with E-state index in [-0.39, 0.29) is 17.3 Å². The van der Waals surface area contributed by atoms with Gasteiger partial charge in [-0.15, -0.1) is 5.10 Å². The molecule has 7 heteroatoms. The molecule has 3 aromatic rings. The Labute approximate surface area is 148 Å². The number of nitrogens with zero attached hydrogens (tertiary/aromatic N) is 4. The van der Waals surface area contributed by atoms with E-state index >= 15 is 0 Å². The molecule has 3 heterocycles. The van der Waals surface area contributed by atoms with Crippen LogP contribution >= 0.6 is 11.3 Å². The Morgan fingerprint density at radius 1 is 1.20 bits per heavy atom. The molecule has 0 amide bonds. The van der Waals surface area contributed by atoms with Crippen molar-refractivity contribution in [2.45, 2.75) is 19.8 Å². The smallest absolute Gasteiger partial charge is 0.275 e. The van der Waals surface area contributed by atoms with Gasteiger partial charge < -0.3 is 4.90 Å². The number of carbonyl (C=O) groups is 1. The highest BCUT2D eigenvalue weighted by molar-refractivity contribution is 7.20. The van der Waals surface area contributed by atoms with Gasteiger partial charge in [0.15, 0.2) is 5.78 Å². The number of fused-ring (bicyclic) bond motifs is 1. The Morgan fingerprint density at radius 3 is 2.64 bits per heavy atom. The number of aromatic nitrogens is 3. The molecule has 0 unspecified atom stereocenters. The first-order valence-corrected chi connectivity index (χ1v) is 9.15. The fourth-order valence-corrected chi connectivity index (χ4v) is 4.21. The van der Waals surface area contributed by atoms with Crippen LogP contribution in [0, 0.1) is 12.8 Å². The number of aryl methyl sites for hydroxylation is 1. The minimum absolute atomic E-state index is 0.0520. The van der Waals surface area contributed by atoms with Crippen molar-refractivity contribution in [3.05, 3.63) is 58.0 Å². The van der Waals surface area contributed by atoms with Crippen molar-refractivity contribution in [3.8, 4) is 0 Å². The number of ketones is 1. The molecule has 0 aliphatic carbocycles. The maximum absolute atomic E-state index is 12.6. The Balaban J connectivity index is 1.50. The molecule has 0 bridgehead atoms. The van der Waals surface area contributed by atoms with Crippen LogP contribution in [0.3, 0.4) is 0 Å². The van der Waals surface area contributed by atoms with Crippen molar-refractivity contribution in [1.29, 1.82) is 0 Å². The number of rotatable bonds is 3. The molecular formula is C18H18N4O2S. The quantitative estimate of drug-likeness (QED) is 0.676. The van der Waals surface area contributed by atoms with Crippen LogP contribution in [0.4, 0.5) is 5.13 Å². The van der Waals surface area contributed by atoms with Gasteiger partial charge in [-0.05, 0) is 19.8 Å². The van der Waals surface area contributed by atoms with Crippen molar-refractivity contribution in [1.82, 2.24) is 14.6 Å². The zero-order chi connectivity index (χ0) is 17.4. The van der Waals surface area contributed by atoms with Crippen LogP contribution < -0.4 is 10.5 Å². The minimum Gasteiger partial charge on any atom is -0.347 e. The number of piperidine rings is 1. The van der Waals surface area contributed by atoms with Crippen LogP contribution in [0.1, 0.15) is 28.9 Å². The highest BCUT2D eigenvalue weighted by atomic mass is 32.1. The van der Waals surface area contributed by atoms with Crippen LogP contribution in [0.25, 0.3) is 4.96 Å². The third-order valence-corrected chi connectivity index (χ3v) is 5.53. The van der Waals surface area contributed by atoms with Crippen LogP contribution in [-0.2, 0) is 0 Å². The van der Waals surface area contributed by atoms with Crippen LogP contribution in [-0.4, -0.2) is 33.5 Å². The summed E-state index contributed by atoms with van der Waals surface area (Å²) in [6.07, 6.45) is 1.59. The first-order valence-electron chi connectivity index (χ1n) is 8.33. The molecule has 1 saturated heterocycles. The molecule has 1 aromatic carbocycles. The van der Waals surface area contributed by atoms with Gasteiger partial charge >= 0.3 is 0 Å². The van der Waals surface area contributed by atoms with E-state index in [0.29, 0.717) is 10.7 Å². The number of hydrogen-bond donors (Lipinski definition) is 0. The zero-order valence-electron chi connectivity index (χ0n) is 13.9. The Kier molecular flexibility index (Phi) is 4.09. The van der Waals surface area contributed by atoms with Gasteiger partial charge in [0.25, 0.3) is 5.56 Å². The third kappa shape index (κ3) is 3.07. The SMILES string of the molecule is Cc1cc(=O)n2nc(N3CCC(C(=O)c4ccccc4)CC3)sc2n1. The van der Waals surface area contributed by atoms with Crippen LogP contribution in [0.5, 0.6) is 0 Å². The number of carbonyl (C=O) groups excluding carboxylic acids is 1. The van der Waals surface area contributed by atoms with Crippen LogP contribution in [0.15, 0.2) is 41.2 Å². The molecule has 0 N–H and O–H groups in total. The van der Waals surface area contributed by atoms with E-state index in [4.69, 9.17) is 0 Å². The van der Waals surface area contributed by atoms with E-state index < -0.39 is 0 Å². The van der Waals surface area contributed by atoms with Gasteiger partial charge in [-0.3, -0.25) is 9.59 Å². The lowest BCUT2D eigenvalue weighted by molar-refractivity contribution is 0.0900. The van der Waals surface area contributed by atoms with E-state index in [1.165, 1.54) is 21.9 Å². The molecular weight excluding hydrogens is 336 g/mol. The molecule has 1 fully saturated rings. The summed E-state index contributed by atoms with van der Waals surface area (Å²) >= 11 is 1.42. The highest BCUT2D eigenvalue weighted by Crippen LogP contribution is 2.28. The van der Waals surface area contributed by atoms with E-state index in [1.807, 2.05) is 37.3 Å². The van der Waals surface area contributed by atoms with Gasteiger partial charge in [0.05, 0.1) is 0 Å². The summed E-state index contributed by atoms with van der Waals surface area (Å²) in [5.41, 5.74) is 1.33. The Hall–Kier alpha value is -2.54. The molecule has 0 saturated carbocycles. The average molecular weight is 354 g/mol. The van der Waals surface area contributed by atoms with Crippen molar-refractivity contribution in [2.24, 2.45) is 5.92 Å². The number of hydrogen-bond acceptors (Lipinski definition) is 6. The minimum atomic E-state index is -0.154. The highest BCUT2D eigenvalue weighted by Gasteiger charge is 2.27. The predicted octanol–water partition coefficient (Wildman–Crippen LogP) is 2.56. The van der Waals surface area contributed by atoms with E-state index in [1.54, 1.807) is 0 Å². The normalized spacial score (nSPS) is 15.6. The van der Waals surface area contributed by atoms with Crippen LogP contribution in [0.2, 0.25) is 0 Å². The molecule has 0 spiro atoms. The van der Waals surface area contributed by atoms with Gasteiger partial charge in [0, 0.05) is 36.3 Å². The Bertz CT molecular complexity index is 972. The summed E-state index contributed by atoms with van der Waals surface area (Å²) in [7, 11) is 0. The number of Topliss-reactive ketones (excluding diaryl/α,β-unsaturated/α-hetero) is 1. The lowest BCUT2D eigenvalue weighted by Crippen LogP contribution is -2.36. The molecule has 25 heavy (non-hydrogen) atoms. The summed E-state index contributed by atoms with van der Waals surface area (Å²) in [6, 6.07) is 11.0. The van der Waals surface area contributed by atoms with E-state index in [0.717, 1.165) is 36.6 Å². The topological polar surface area (TPSA) is 67.6 Å². The summed E-state index contributed by atoms with van der Waals surface area (Å²) < 4.78 is 1.36. The largest absolute Gasteiger partial charge is 0.347 e. The molecule has 0 radical (unpaired) electrons. The summed E-state index contributed by atoms with van der Waals surface area (Å²) in [6.45, 7) is 3.33. The number of benzene rings is 1. The van der Waals surface area contributed by atoms with Crippen molar-refractivity contribution >= 4 is 27.2 Å². The second kappa shape index (κ2) is 6.40. The monoisotopic (exact) mass is 354 g/mol. The van der Waals surface area contributed by atoms with E-state index in [2.05, 4.69) is 15.0 Å². The molecule has 4 rings (SSSR count). The van der Waals surface area contributed by atoms with Crippen molar-refractivity contribution in [2.75, 3.05) is 18.0 Å². The molecule has 1 aliphatic rings. The van der Waals surface area contributed by atoms with Gasteiger partial charge in [-0.25, -0.2) is 4.98 Å². The fourth-order valence-electron chi connectivity index (χ4n) is 3.21. The first-order chi connectivity index (χ1) is 12.1. The third-order valence-electron chi connectivity index (χ3n) is 4.56. The second-order valence-corrected chi connectivity index (χ2v) is 7.24.